The van der Waals surface area contributed by atoms with Crippen molar-refractivity contribution in [3.05, 3.63) is 35.4 Å². The number of likely N-dealkylation sites (N-methyl/N-ethyl adjacent to an activating group) is 2. The molecule has 0 atom stereocenters. The number of benzene rings is 1. The number of nitrogens with zero attached hydrogens (tertiary/aromatic N) is 6. The fourth-order valence-corrected chi connectivity index (χ4v) is 2.86. The van der Waals surface area contributed by atoms with Crippen molar-refractivity contribution in [3.63, 3.8) is 0 Å². The topological polar surface area (TPSA) is 37.7 Å². The van der Waals surface area contributed by atoms with E-state index in [0.29, 0.717) is 0 Å². The third kappa shape index (κ3) is 4.79. The van der Waals surface area contributed by atoms with E-state index in [1.165, 1.54) is 0 Å². The van der Waals surface area contributed by atoms with Crippen molar-refractivity contribution in [2.45, 2.75) is 0 Å². The molecular formula is C18H28N6. The van der Waals surface area contributed by atoms with Gasteiger partial charge in [-0.2, -0.15) is 10.2 Å². The normalized spacial score (nSPS) is 21.2. The lowest BCUT2D eigenvalue weighted by Gasteiger charge is -2.30. The Kier molecular flexibility index (Phi) is 5.82. The second-order valence-electron chi connectivity index (χ2n) is 6.63. The molecule has 0 saturated carbocycles. The second kappa shape index (κ2) is 8.26. The largest absolute Gasteiger partial charge is 0.303 e. The van der Waals surface area contributed by atoms with Gasteiger partial charge in [0.15, 0.2) is 0 Å². The SMILES string of the molecule is CN1CCN(N=Cc2ccccc2C=NN2CCN(C)CC2)CC1. The van der Waals surface area contributed by atoms with Crippen molar-refractivity contribution < 1.29 is 0 Å². The number of hydrazone groups is 2. The van der Waals surface area contributed by atoms with Crippen LogP contribution < -0.4 is 0 Å². The van der Waals surface area contributed by atoms with E-state index in [9.17, 15) is 0 Å². The minimum atomic E-state index is 0.991. The van der Waals surface area contributed by atoms with Gasteiger partial charge in [0, 0.05) is 63.5 Å². The molecule has 24 heavy (non-hydrogen) atoms. The van der Waals surface area contributed by atoms with Gasteiger partial charge in [-0.05, 0) is 14.1 Å². The summed E-state index contributed by atoms with van der Waals surface area (Å²) in [4.78, 5) is 4.67. The lowest BCUT2D eigenvalue weighted by Crippen LogP contribution is -2.41. The average Bonchev–Trinajstić information content (AvgIpc) is 2.61. The summed E-state index contributed by atoms with van der Waals surface area (Å²) in [5.74, 6) is 0. The maximum Gasteiger partial charge on any atom is 0.0549 e. The molecule has 2 aliphatic heterocycles. The van der Waals surface area contributed by atoms with Crippen LogP contribution in [0.25, 0.3) is 0 Å². The molecule has 0 amide bonds. The van der Waals surface area contributed by atoms with E-state index in [4.69, 9.17) is 0 Å². The van der Waals surface area contributed by atoms with Crippen LogP contribution in [0.3, 0.4) is 0 Å². The zero-order valence-corrected chi connectivity index (χ0v) is 14.8. The summed E-state index contributed by atoms with van der Waals surface area (Å²) in [6.45, 7) is 8.26. The van der Waals surface area contributed by atoms with E-state index < -0.39 is 0 Å². The van der Waals surface area contributed by atoms with Crippen LogP contribution in [0.4, 0.5) is 0 Å². The molecule has 0 N–H and O–H groups in total. The molecule has 130 valence electrons. The zero-order valence-electron chi connectivity index (χ0n) is 14.8. The molecule has 0 radical (unpaired) electrons. The van der Waals surface area contributed by atoms with E-state index in [0.717, 1.165) is 63.5 Å². The first-order chi connectivity index (χ1) is 11.7. The monoisotopic (exact) mass is 328 g/mol. The molecule has 2 fully saturated rings. The van der Waals surface area contributed by atoms with Gasteiger partial charge >= 0.3 is 0 Å². The Balaban J connectivity index is 1.62. The van der Waals surface area contributed by atoms with Crippen LogP contribution in [0.5, 0.6) is 0 Å². The van der Waals surface area contributed by atoms with Crippen LogP contribution in [0, 0.1) is 0 Å². The molecule has 1 aromatic rings. The van der Waals surface area contributed by atoms with E-state index in [1.54, 1.807) is 0 Å². The van der Waals surface area contributed by atoms with Crippen LogP contribution in [-0.4, -0.2) is 98.7 Å². The Hall–Kier alpha value is -1.92. The summed E-state index contributed by atoms with van der Waals surface area (Å²) in [5, 5.41) is 13.6. The Morgan fingerprint density at radius 1 is 0.667 bits per heavy atom. The number of hydrogen-bond donors (Lipinski definition) is 0. The van der Waals surface area contributed by atoms with E-state index >= 15 is 0 Å². The molecule has 6 nitrogen and oxygen atoms in total. The highest BCUT2D eigenvalue weighted by Crippen LogP contribution is 2.07. The molecular weight excluding hydrogens is 300 g/mol. The third-order valence-corrected chi connectivity index (χ3v) is 4.68. The van der Waals surface area contributed by atoms with Gasteiger partial charge in [-0.15, -0.1) is 0 Å². The highest BCUT2D eigenvalue weighted by atomic mass is 15.5. The first-order valence-corrected chi connectivity index (χ1v) is 8.75. The van der Waals surface area contributed by atoms with Crippen LogP contribution in [0.1, 0.15) is 11.1 Å². The quantitative estimate of drug-likeness (QED) is 0.768. The van der Waals surface area contributed by atoms with Crippen molar-refractivity contribution in [2.24, 2.45) is 10.2 Å². The van der Waals surface area contributed by atoms with Gasteiger partial charge in [0.1, 0.15) is 0 Å². The molecule has 3 rings (SSSR count). The molecule has 0 spiro atoms. The fraction of sp³-hybridized carbons (Fsp3) is 0.556. The molecule has 2 aliphatic rings. The first-order valence-electron chi connectivity index (χ1n) is 8.75. The third-order valence-electron chi connectivity index (χ3n) is 4.68. The standard InChI is InChI=1S/C18H28N6/c1-21-7-11-23(12-8-21)19-15-17-5-3-4-6-18(17)16-20-24-13-9-22(2)10-14-24/h3-6,15-16H,7-14H2,1-2H3. The lowest BCUT2D eigenvalue weighted by atomic mass is 10.1. The Bertz CT molecular complexity index is 518. The lowest BCUT2D eigenvalue weighted by molar-refractivity contribution is 0.159. The molecule has 0 unspecified atom stereocenters. The molecule has 0 bridgehead atoms. The number of hydrogen-bond acceptors (Lipinski definition) is 6. The van der Waals surface area contributed by atoms with Crippen molar-refractivity contribution in [1.82, 2.24) is 19.8 Å². The highest BCUT2D eigenvalue weighted by Gasteiger charge is 2.12. The number of piperazine rings is 2. The van der Waals surface area contributed by atoms with Gasteiger partial charge in [-0.1, -0.05) is 24.3 Å². The number of rotatable bonds is 4. The van der Waals surface area contributed by atoms with Crippen LogP contribution in [-0.2, 0) is 0 Å². The molecule has 2 saturated heterocycles. The van der Waals surface area contributed by atoms with Crippen molar-refractivity contribution >= 4 is 12.4 Å². The molecule has 6 heteroatoms. The predicted molar refractivity (Wildman–Crippen MR) is 99.8 cm³/mol. The first kappa shape index (κ1) is 16.9. The second-order valence-corrected chi connectivity index (χ2v) is 6.63. The summed E-state index contributed by atoms with van der Waals surface area (Å²) in [6.07, 6.45) is 3.94. The Morgan fingerprint density at radius 2 is 1.04 bits per heavy atom. The van der Waals surface area contributed by atoms with Crippen LogP contribution >= 0.6 is 0 Å². The maximum absolute atomic E-state index is 4.65. The van der Waals surface area contributed by atoms with Crippen molar-refractivity contribution in [1.29, 1.82) is 0 Å². The highest BCUT2D eigenvalue weighted by molar-refractivity contribution is 5.94. The van der Waals surface area contributed by atoms with Gasteiger partial charge in [0.05, 0.1) is 12.4 Å². The summed E-state index contributed by atoms with van der Waals surface area (Å²) >= 11 is 0. The average molecular weight is 328 g/mol. The van der Waals surface area contributed by atoms with Crippen molar-refractivity contribution in [3.8, 4) is 0 Å². The van der Waals surface area contributed by atoms with E-state index in [2.05, 4.69) is 68.4 Å². The predicted octanol–water partition coefficient (Wildman–Crippen LogP) is 0.849. The summed E-state index contributed by atoms with van der Waals surface area (Å²) in [7, 11) is 4.32. The van der Waals surface area contributed by atoms with E-state index in [1.807, 2.05) is 12.4 Å². The van der Waals surface area contributed by atoms with Gasteiger partial charge in [-0.25, -0.2) is 0 Å². The van der Waals surface area contributed by atoms with Gasteiger partial charge in [0.2, 0.25) is 0 Å². The van der Waals surface area contributed by atoms with Gasteiger partial charge in [-0.3, -0.25) is 10.0 Å². The molecule has 1 aromatic carbocycles. The maximum atomic E-state index is 4.65. The fourth-order valence-electron chi connectivity index (χ4n) is 2.86. The van der Waals surface area contributed by atoms with Crippen LogP contribution in [0.15, 0.2) is 34.5 Å². The Morgan fingerprint density at radius 3 is 1.42 bits per heavy atom. The van der Waals surface area contributed by atoms with Gasteiger partial charge in [0.25, 0.3) is 0 Å². The minimum Gasteiger partial charge on any atom is -0.303 e. The van der Waals surface area contributed by atoms with Crippen LogP contribution in [0.2, 0.25) is 0 Å². The van der Waals surface area contributed by atoms with Gasteiger partial charge < -0.3 is 9.80 Å². The smallest absolute Gasteiger partial charge is 0.0549 e. The summed E-state index contributed by atoms with van der Waals surface area (Å²) < 4.78 is 0. The van der Waals surface area contributed by atoms with Crippen molar-refractivity contribution in [2.75, 3.05) is 66.5 Å². The molecule has 2 heterocycles. The zero-order chi connectivity index (χ0) is 16.8. The molecule has 0 aliphatic carbocycles. The summed E-state index contributed by atoms with van der Waals surface area (Å²) in [6, 6.07) is 8.31. The Labute approximate surface area is 145 Å². The summed E-state index contributed by atoms with van der Waals surface area (Å²) in [5.41, 5.74) is 2.24. The minimum absolute atomic E-state index is 0.991. The van der Waals surface area contributed by atoms with E-state index in [-0.39, 0.29) is 0 Å². The molecule has 0 aromatic heterocycles.